The minimum atomic E-state index is -0.508. The Morgan fingerprint density at radius 3 is 2.75 bits per heavy atom. The van der Waals surface area contributed by atoms with Crippen LogP contribution in [-0.4, -0.2) is 42.4 Å². The molecule has 0 aliphatic heterocycles. The Labute approximate surface area is 126 Å². The average molecular weight is 293 g/mol. The summed E-state index contributed by atoms with van der Waals surface area (Å²) in [7, 11) is 0. The fourth-order valence-corrected chi connectivity index (χ4v) is 2.36. The zero-order valence-electron chi connectivity index (χ0n) is 12.2. The molecular weight excluding hydrogens is 270 g/mol. The maximum absolute atomic E-state index is 9.87. The third-order valence-electron chi connectivity index (χ3n) is 2.82. The second kappa shape index (κ2) is 9.71. The maximum atomic E-state index is 9.87. The fraction of sp³-hybridized carbons (Fsp3) is 0.500. The molecule has 0 saturated carbocycles. The van der Waals surface area contributed by atoms with Crippen molar-refractivity contribution in [1.29, 1.82) is 0 Å². The lowest BCUT2D eigenvalue weighted by Crippen LogP contribution is -2.32. The zero-order chi connectivity index (χ0) is 14.8. The molecule has 4 heteroatoms. The summed E-state index contributed by atoms with van der Waals surface area (Å²) in [6.45, 7) is 5.69. The van der Waals surface area contributed by atoms with Crippen molar-refractivity contribution in [2.75, 3.05) is 31.2 Å². The van der Waals surface area contributed by atoms with Crippen LogP contribution in [0.2, 0.25) is 0 Å². The lowest BCUT2D eigenvalue weighted by atomic mass is 10.1. The highest BCUT2D eigenvalue weighted by molar-refractivity contribution is 7.99. The number of hydrogen-bond acceptors (Lipinski definition) is 4. The van der Waals surface area contributed by atoms with E-state index in [0.29, 0.717) is 13.2 Å². The van der Waals surface area contributed by atoms with Gasteiger partial charge in [-0.25, -0.2) is 0 Å². The molecule has 0 aliphatic rings. The van der Waals surface area contributed by atoms with Gasteiger partial charge in [-0.2, -0.15) is 0 Å². The summed E-state index contributed by atoms with van der Waals surface area (Å²) in [4.78, 5) is 0. The van der Waals surface area contributed by atoms with Crippen molar-refractivity contribution in [3.05, 3.63) is 29.3 Å². The molecule has 0 heterocycles. The number of nitrogens with one attached hydrogen (secondary N) is 1. The number of aliphatic hydroxyl groups is 1. The van der Waals surface area contributed by atoms with Gasteiger partial charge in [0.25, 0.3) is 0 Å². The first-order valence-electron chi connectivity index (χ1n) is 6.74. The van der Waals surface area contributed by atoms with Gasteiger partial charge in [-0.1, -0.05) is 24.1 Å². The van der Waals surface area contributed by atoms with E-state index < -0.39 is 6.10 Å². The molecular formula is C16H23NO2S. The first kappa shape index (κ1) is 16.9. The molecule has 0 bridgehead atoms. The van der Waals surface area contributed by atoms with Crippen LogP contribution in [0.5, 0.6) is 5.75 Å². The van der Waals surface area contributed by atoms with E-state index in [0.717, 1.165) is 34.9 Å². The molecule has 0 spiro atoms. The first-order chi connectivity index (χ1) is 9.65. The summed E-state index contributed by atoms with van der Waals surface area (Å²) >= 11 is 1.71. The van der Waals surface area contributed by atoms with Crippen LogP contribution in [0.4, 0.5) is 0 Å². The summed E-state index contributed by atoms with van der Waals surface area (Å²) < 4.78 is 5.70. The standard InChI is InChI=1S/C16H23NO2S/c1-4-9-20-10-8-17-11-15(18)12-19-16-13(2)6-5-7-14(16)3/h1,5-7,15,17-18H,8-12H2,2-3H3. The topological polar surface area (TPSA) is 41.5 Å². The molecule has 1 unspecified atom stereocenters. The van der Waals surface area contributed by atoms with E-state index in [1.165, 1.54) is 0 Å². The van der Waals surface area contributed by atoms with Crippen LogP contribution in [0.25, 0.3) is 0 Å². The van der Waals surface area contributed by atoms with Gasteiger partial charge in [0.05, 0.1) is 5.75 Å². The lowest BCUT2D eigenvalue weighted by Gasteiger charge is -2.16. The van der Waals surface area contributed by atoms with Gasteiger partial charge >= 0.3 is 0 Å². The largest absolute Gasteiger partial charge is 0.490 e. The molecule has 0 amide bonds. The minimum absolute atomic E-state index is 0.302. The summed E-state index contributed by atoms with van der Waals surface area (Å²) in [6.07, 6.45) is 4.66. The Hall–Kier alpha value is -1.15. The molecule has 0 fully saturated rings. The number of benzene rings is 1. The lowest BCUT2D eigenvalue weighted by molar-refractivity contribution is 0.106. The number of terminal acetylenes is 1. The van der Waals surface area contributed by atoms with Crippen LogP contribution in [0.15, 0.2) is 18.2 Å². The summed E-state index contributed by atoms with van der Waals surface area (Å²) in [5.41, 5.74) is 2.19. The van der Waals surface area contributed by atoms with Crippen molar-refractivity contribution >= 4 is 11.8 Å². The molecule has 1 aromatic carbocycles. The Bertz CT molecular complexity index is 422. The molecule has 20 heavy (non-hydrogen) atoms. The fourth-order valence-electron chi connectivity index (χ4n) is 1.81. The highest BCUT2D eigenvalue weighted by Crippen LogP contribution is 2.22. The normalized spacial score (nSPS) is 11.9. The van der Waals surface area contributed by atoms with Gasteiger partial charge in [0, 0.05) is 18.8 Å². The SMILES string of the molecule is C#CCSCCNCC(O)COc1c(C)cccc1C. The molecule has 1 rings (SSSR count). The van der Waals surface area contributed by atoms with Crippen molar-refractivity contribution < 1.29 is 9.84 Å². The monoisotopic (exact) mass is 293 g/mol. The number of rotatable bonds is 9. The van der Waals surface area contributed by atoms with Gasteiger partial charge in [-0.15, -0.1) is 18.2 Å². The Balaban J connectivity index is 2.20. The van der Waals surface area contributed by atoms with Crippen LogP contribution < -0.4 is 10.1 Å². The van der Waals surface area contributed by atoms with E-state index in [9.17, 15) is 5.11 Å². The van der Waals surface area contributed by atoms with Gasteiger partial charge in [0.1, 0.15) is 18.5 Å². The van der Waals surface area contributed by atoms with Crippen LogP contribution in [-0.2, 0) is 0 Å². The quantitative estimate of drug-likeness (QED) is 0.540. The molecule has 0 aromatic heterocycles. The van der Waals surface area contributed by atoms with Crippen molar-refractivity contribution in [2.45, 2.75) is 20.0 Å². The third kappa shape index (κ3) is 6.33. The Morgan fingerprint density at radius 1 is 1.40 bits per heavy atom. The first-order valence-corrected chi connectivity index (χ1v) is 7.89. The number of aryl methyl sites for hydroxylation is 2. The number of hydrogen-bond donors (Lipinski definition) is 2. The minimum Gasteiger partial charge on any atom is -0.490 e. The van der Waals surface area contributed by atoms with Gasteiger partial charge in [0.15, 0.2) is 0 Å². The number of ether oxygens (including phenoxy) is 1. The van der Waals surface area contributed by atoms with Crippen LogP contribution in [0, 0.1) is 26.2 Å². The number of thioether (sulfide) groups is 1. The van der Waals surface area contributed by atoms with E-state index in [1.54, 1.807) is 11.8 Å². The Morgan fingerprint density at radius 2 is 2.10 bits per heavy atom. The third-order valence-corrected chi connectivity index (χ3v) is 3.68. The zero-order valence-corrected chi connectivity index (χ0v) is 13.0. The van der Waals surface area contributed by atoms with E-state index in [1.807, 2.05) is 32.0 Å². The van der Waals surface area contributed by atoms with E-state index >= 15 is 0 Å². The van der Waals surface area contributed by atoms with Gasteiger partial charge in [-0.05, 0) is 25.0 Å². The van der Waals surface area contributed by atoms with Crippen LogP contribution in [0.1, 0.15) is 11.1 Å². The van der Waals surface area contributed by atoms with Gasteiger partial charge < -0.3 is 15.2 Å². The summed E-state index contributed by atoms with van der Waals surface area (Å²) in [6, 6.07) is 6.02. The second-order valence-electron chi connectivity index (χ2n) is 4.65. The second-order valence-corrected chi connectivity index (χ2v) is 5.75. The van der Waals surface area contributed by atoms with Crippen molar-refractivity contribution in [1.82, 2.24) is 5.32 Å². The van der Waals surface area contributed by atoms with Crippen molar-refractivity contribution in [2.24, 2.45) is 0 Å². The molecule has 0 aliphatic carbocycles. The van der Waals surface area contributed by atoms with Crippen LogP contribution >= 0.6 is 11.8 Å². The van der Waals surface area contributed by atoms with Gasteiger partial charge in [-0.3, -0.25) is 0 Å². The highest BCUT2D eigenvalue weighted by Gasteiger charge is 2.08. The van der Waals surface area contributed by atoms with E-state index in [-0.39, 0.29) is 0 Å². The molecule has 3 nitrogen and oxygen atoms in total. The van der Waals surface area contributed by atoms with Gasteiger partial charge in [0.2, 0.25) is 0 Å². The molecule has 0 radical (unpaired) electrons. The summed E-state index contributed by atoms with van der Waals surface area (Å²) in [5, 5.41) is 13.1. The molecule has 2 N–H and O–H groups in total. The van der Waals surface area contributed by atoms with Crippen molar-refractivity contribution in [3.63, 3.8) is 0 Å². The molecule has 110 valence electrons. The number of para-hydroxylation sites is 1. The molecule has 1 aromatic rings. The predicted octanol–water partition coefficient (Wildman–Crippen LogP) is 2.00. The van der Waals surface area contributed by atoms with Crippen molar-refractivity contribution in [3.8, 4) is 18.1 Å². The highest BCUT2D eigenvalue weighted by atomic mass is 32.2. The summed E-state index contributed by atoms with van der Waals surface area (Å²) in [5.74, 6) is 5.14. The molecule has 0 saturated heterocycles. The average Bonchev–Trinajstić information content (AvgIpc) is 2.42. The van der Waals surface area contributed by atoms with E-state index in [4.69, 9.17) is 11.2 Å². The van der Waals surface area contributed by atoms with Crippen LogP contribution in [0.3, 0.4) is 0 Å². The molecule has 1 atom stereocenters. The number of aliphatic hydroxyl groups excluding tert-OH is 1. The maximum Gasteiger partial charge on any atom is 0.125 e. The predicted molar refractivity (Wildman–Crippen MR) is 86.4 cm³/mol. The Kier molecular flexibility index (Phi) is 8.20. The smallest absolute Gasteiger partial charge is 0.125 e. The van der Waals surface area contributed by atoms with E-state index in [2.05, 4.69) is 11.2 Å².